The predicted molar refractivity (Wildman–Crippen MR) is 148 cm³/mol. The predicted octanol–water partition coefficient (Wildman–Crippen LogP) is 4.29. The molecule has 3 aromatic carbocycles. The van der Waals surface area contributed by atoms with Crippen LogP contribution in [-0.4, -0.2) is 79.8 Å². The summed E-state index contributed by atoms with van der Waals surface area (Å²) in [6.45, 7) is 4.42. The van der Waals surface area contributed by atoms with Crippen molar-refractivity contribution < 1.29 is 19.4 Å². The molecule has 1 aliphatic heterocycles. The van der Waals surface area contributed by atoms with Gasteiger partial charge in [-0.15, -0.1) is 0 Å². The molecule has 0 radical (unpaired) electrons. The van der Waals surface area contributed by atoms with Crippen LogP contribution in [-0.2, 0) is 0 Å². The van der Waals surface area contributed by atoms with E-state index in [4.69, 9.17) is 4.74 Å². The summed E-state index contributed by atoms with van der Waals surface area (Å²) in [5, 5.41) is 14.9. The maximum Gasteiger partial charge on any atom is 0.321 e. The molecular formula is C29H36N4O4. The first-order valence-electron chi connectivity index (χ1n) is 12.6. The van der Waals surface area contributed by atoms with Crippen molar-refractivity contribution in [3.05, 3.63) is 66.2 Å². The normalized spacial score (nSPS) is 18.3. The topological polar surface area (TPSA) is 85.4 Å². The van der Waals surface area contributed by atoms with E-state index in [9.17, 15) is 14.7 Å². The first kappa shape index (κ1) is 26.3. The van der Waals surface area contributed by atoms with Crippen LogP contribution >= 0.6 is 0 Å². The molecule has 0 saturated carbocycles. The average molecular weight is 505 g/mol. The van der Waals surface area contributed by atoms with Crippen LogP contribution in [0.3, 0.4) is 0 Å². The van der Waals surface area contributed by atoms with Gasteiger partial charge >= 0.3 is 6.03 Å². The zero-order valence-corrected chi connectivity index (χ0v) is 22.1. The number of carbonyl (C=O) groups is 2. The van der Waals surface area contributed by atoms with Crippen LogP contribution in [0.15, 0.2) is 60.7 Å². The van der Waals surface area contributed by atoms with E-state index in [-0.39, 0.29) is 36.6 Å². The number of amides is 3. The molecule has 0 aliphatic carbocycles. The van der Waals surface area contributed by atoms with Gasteiger partial charge in [0.05, 0.1) is 30.4 Å². The second-order valence-electron chi connectivity index (χ2n) is 10.0. The molecule has 0 unspecified atom stereocenters. The summed E-state index contributed by atoms with van der Waals surface area (Å²) < 4.78 is 6.41. The van der Waals surface area contributed by atoms with E-state index in [2.05, 4.69) is 5.32 Å². The first-order valence-corrected chi connectivity index (χ1v) is 12.6. The van der Waals surface area contributed by atoms with Crippen LogP contribution in [0.4, 0.5) is 16.2 Å². The third-order valence-electron chi connectivity index (χ3n) is 7.00. The zero-order valence-electron chi connectivity index (χ0n) is 22.1. The van der Waals surface area contributed by atoms with Crippen LogP contribution in [0.2, 0.25) is 0 Å². The largest absolute Gasteiger partial charge is 0.487 e. The Morgan fingerprint density at radius 1 is 1.14 bits per heavy atom. The van der Waals surface area contributed by atoms with E-state index in [1.807, 2.05) is 93.5 Å². The number of urea groups is 1. The summed E-state index contributed by atoms with van der Waals surface area (Å²) in [4.78, 5) is 31.9. The van der Waals surface area contributed by atoms with Crippen LogP contribution in [0.5, 0.6) is 5.75 Å². The van der Waals surface area contributed by atoms with Crippen LogP contribution < -0.4 is 15.0 Å². The lowest BCUT2D eigenvalue weighted by molar-refractivity contribution is 0.0371. The number of aliphatic hydroxyl groups is 1. The highest BCUT2D eigenvalue weighted by Crippen LogP contribution is 2.31. The van der Waals surface area contributed by atoms with Crippen molar-refractivity contribution in [1.29, 1.82) is 0 Å². The second-order valence-corrected chi connectivity index (χ2v) is 10.0. The summed E-state index contributed by atoms with van der Waals surface area (Å²) in [6, 6.07) is 18.7. The molecule has 1 aliphatic rings. The Hall–Kier alpha value is -3.78. The van der Waals surface area contributed by atoms with Gasteiger partial charge in [0, 0.05) is 44.7 Å². The van der Waals surface area contributed by atoms with Gasteiger partial charge in [-0.25, -0.2) is 4.79 Å². The van der Waals surface area contributed by atoms with Crippen molar-refractivity contribution in [2.24, 2.45) is 5.92 Å². The fraction of sp³-hybridized carbons (Fsp3) is 0.379. The van der Waals surface area contributed by atoms with Gasteiger partial charge in [0.25, 0.3) is 5.91 Å². The summed E-state index contributed by atoms with van der Waals surface area (Å²) in [5.41, 5.74) is 2.08. The minimum atomic E-state index is -0.367. The van der Waals surface area contributed by atoms with E-state index in [0.717, 1.165) is 22.1 Å². The number of hydrogen-bond donors (Lipinski definition) is 2. The highest BCUT2D eigenvalue weighted by Gasteiger charge is 2.34. The zero-order chi connectivity index (χ0) is 26.7. The van der Waals surface area contributed by atoms with Crippen molar-refractivity contribution in [2.75, 3.05) is 51.1 Å². The molecule has 0 spiro atoms. The number of nitrogens with one attached hydrogen (secondary N) is 1. The minimum absolute atomic E-state index is 0.0903. The molecule has 3 amide bonds. The molecule has 0 bridgehead atoms. The molecule has 3 aromatic rings. The summed E-state index contributed by atoms with van der Waals surface area (Å²) in [7, 11) is 5.57. The van der Waals surface area contributed by atoms with Crippen LogP contribution in [0, 0.1) is 5.92 Å². The van der Waals surface area contributed by atoms with Crippen LogP contribution in [0.1, 0.15) is 24.2 Å². The van der Waals surface area contributed by atoms with Gasteiger partial charge in [-0.3, -0.25) is 4.79 Å². The molecular weight excluding hydrogens is 468 g/mol. The third-order valence-corrected chi connectivity index (χ3v) is 7.00. The Balaban J connectivity index is 1.59. The SMILES string of the molecule is C[C@@H]1CN([C@@H](C)CO)C(=O)c2cc(N(C)C)ccc2O[C@@H]1CN(C)C(=O)Nc1cccc2ccccc12. The van der Waals surface area contributed by atoms with Gasteiger partial charge < -0.3 is 29.9 Å². The van der Waals surface area contributed by atoms with E-state index < -0.39 is 0 Å². The lowest BCUT2D eigenvalue weighted by Crippen LogP contribution is -2.50. The summed E-state index contributed by atoms with van der Waals surface area (Å²) in [5.74, 6) is 0.213. The Bertz CT molecular complexity index is 1270. The van der Waals surface area contributed by atoms with Gasteiger partial charge in [-0.1, -0.05) is 43.3 Å². The number of ether oxygens (including phenoxy) is 1. The van der Waals surface area contributed by atoms with Crippen molar-refractivity contribution in [1.82, 2.24) is 9.80 Å². The number of aliphatic hydroxyl groups excluding tert-OH is 1. The number of benzene rings is 3. The van der Waals surface area contributed by atoms with Gasteiger partial charge in [0.15, 0.2) is 0 Å². The van der Waals surface area contributed by atoms with Gasteiger partial charge in [-0.05, 0) is 36.6 Å². The standard InChI is InChI=1S/C29H36N4O4/c1-19-16-33(20(2)18-34)28(35)24-15-22(31(3)4)13-14-26(24)37-27(19)17-32(5)29(36)30-25-12-8-10-21-9-6-7-11-23(21)25/h6-15,19-20,27,34H,16-18H2,1-5H3,(H,30,36)/t19-,20+,27-/m1/s1. The Kier molecular flexibility index (Phi) is 7.88. The maximum atomic E-state index is 13.5. The van der Waals surface area contributed by atoms with E-state index in [1.54, 1.807) is 16.8 Å². The number of nitrogens with zero attached hydrogens (tertiary/aromatic N) is 3. The van der Waals surface area contributed by atoms with E-state index in [1.165, 1.54) is 0 Å². The molecule has 37 heavy (non-hydrogen) atoms. The summed E-state index contributed by atoms with van der Waals surface area (Å²) >= 11 is 0. The molecule has 4 rings (SSSR count). The number of rotatable bonds is 6. The molecule has 1 heterocycles. The lowest BCUT2D eigenvalue weighted by atomic mass is 9.99. The molecule has 8 nitrogen and oxygen atoms in total. The first-order chi connectivity index (χ1) is 17.7. The van der Waals surface area contributed by atoms with Crippen molar-refractivity contribution >= 4 is 34.1 Å². The highest BCUT2D eigenvalue weighted by atomic mass is 16.5. The number of likely N-dealkylation sites (N-methyl/N-ethyl adjacent to an activating group) is 1. The minimum Gasteiger partial charge on any atom is -0.487 e. The van der Waals surface area contributed by atoms with Gasteiger partial charge in [0.1, 0.15) is 11.9 Å². The number of carbonyl (C=O) groups excluding carboxylic acids is 2. The second kappa shape index (κ2) is 11.1. The quantitative estimate of drug-likeness (QED) is 0.523. The van der Waals surface area contributed by atoms with E-state index in [0.29, 0.717) is 24.4 Å². The molecule has 196 valence electrons. The fourth-order valence-corrected chi connectivity index (χ4v) is 4.60. The molecule has 0 saturated heterocycles. The molecule has 8 heteroatoms. The average Bonchev–Trinajstić information content (AvgIpc) is 2.89. The molecule has 0 aromatic heterocycles. The monoisotopic (exact) mass is 504 g/mol. The Morgan fingerprint density at radius 2 is 1.86 bits per heavy atom. The number of fused-ring (bicyclic) bond motifs is 2. The fourth-order valence-electron chi connectivity index (χ4n) is 4.60. The lowest BCUT2D eigenvalue weighted by Gasteiger charge is -2.38. The number of anilines is 2. The highest BCUT2D eigenvalue weighted by molar-refractivity contribution is 6.01. The maximum absolute atomic E-state index is 13.5. The smallest absolute Gasteiger partial charge is 0.321 e. The molecule has 0 fully saturated rings. The molecule has 3 atom stereocenters. The van der Waals surface area contributed by atoms with Crippen molar-refractivity contribution in [3.63, 3.8) is 0 Å². The van der Waals surface area contributed by atoms with Gasteiger partial charge in [-0.2, -0.15) is 0 Å². The third kappa shape index (κ3) is 5.64. The van der Waals surface area contributed by atoms with Crippen molar-refractivity contribution in [2.45, 2.75) is 26.0 Å². The van der Waals surface area contributed by atoms with Crippen LogP contribution in [0.25, 0.3) is 10.8 Å². The van der Waals surface area contributed by atoms with Gasteiger partial charge in [0.2, 0.25) is 0 Å². The van der Waals surface area contributed by atoms with E-state index >= 15 is 0 Å². The Labute approximate surface area is 218 Å². The number of hydrogen-bond acceptors (Lipinski definition) is 5. The molecule has 2 N–H and O–H groups in total. The van der Waals surface area contributed by atoms with Crippen molar-refractivity contribution in [3.8, 4) is 5.75 Å². The summed E-state index contributed by atoms with van der Waals surface area (Å²) in [6.07, 6.45) is -0.367. The Morgan fingerprint density at radius 3 is 2.59 bits per heavy atom.